The van der Waals surface area contributed by atoms with E-state index in [-0.39, 0.29) is 5.91 Å². The predicted molar refractivity (Wildman–Crippen MR) is 89.5 cm³/mol. The van der Waals surface area contributed by atoms with Crippen LogP contribution in [0.1, 0.15) is 23.1 Å². The topological polar surface area (TPSA) is 38.3 Å². The minimum atomic E-state index is -4.33. The lowest BCUT2D eigenvalue weighted by atomic mass is 10.1. The maximum atomic E-state index is 12.5. The Bertz CT molecular complexity index is 697. The molecule has 0 bridgehead atoms. The highest BCUT2D eigenvalue weighted by Crippen LogP contribution is 2.29. The van der Waals surface area contributed by atoms with Gasteiger partial charge < -0.3 is 10.1 Å². The molecule has 0 aliphatic carbocycles. The van der Waals surface area contributed by atoms with E-state index >= 15 is 0 Å². The van der Waals surface area contributed by atoms with Crippen LogP contribution in [-0.4, -0.2) is 19.6 Å². The van der Waals surface area contributed by atoms with Gasteiger partial charge in [-0.1, -0.05) is 30.3 Å². The third-order valence-electron chi connectivity index (χ3n) is 3.83. The molecule has 134 valence electrons. The fourth-order valence-electron chi connectivity index (χ4n) is 2.45. The van der Waals surface area contributed by atoms with E-state index < -0.39 is 11.7 Å². The number of halogens is 3. The van der Waals surface area contributed by atoms with Gasteiger partial charge in [0.2, 0.25) is 5.91 Å². The minimum Gasteiger partial charge on any atom is -0.496 e. The van der Waals surface area contributed by atoms with Crippen molar-refractivity contribution >= 4 is 5.91 Å². The summed E-state index contributed by atoms with van der Waals surface area (Å²) in [5.41, 5.74) is 1.04. The number of hydrogen-bond donors (Lipinski definition) is 1. The second-order valence-corrected chi connectivity index (χ2v) is 5.61. The molecule has 0 radical (unpaired) electrons. The molecule has 2 aromatic carbocycles. The molecule has 1 N–H and O–H groups in total. The Morgan fingerprint density at radius 2 is 1.72 bits per heavy atom. The summed E-state index contributed by atoms with van der Waals surface area (Å²) in [7, 11) is 1.59. The largest absolute Gasteiger partial charge is 0.496 e. The maximum Gasteiger partial charge on any atom is 0.416 e. The quantitative estimate of drug-likeness (QED) is 0.819. The molecule has 0 fully saturated rings. The number of carbonyl (C=O) groups excluding carboxylic acids is 1. The Hall–Kier alpha value is -2.50. The summed E-state index contributed by atoms with van der Waals surface area (Å²) >= 11 is 0. The minimum absolute atomic E-state index is 0.0992. The number of rotatable bonds is 7. The van der Waals surface area contributed by atoms with E-state index in [1.165, 1.54) is 12.1 Å². The van der Waals surface area contributed by atoms with E-state index in [4.69, 9.17) is 4.74 Å². The average Bonchev–Trinajstić information content (AvgIpc) is 2.60. The number of amides is 1. The van der Waals surface area contributed by atoms with Gasteiger partial charge in [0, 0.05) is 13.0 Å². The molecule has 0 heterocycles. The molecule has 0 aliphatic rings. The number of ether oxygens (including phenoxy) is 1. The van der Waals surface area contributed by atoms with E-state index in [1.54, 1.807) is 7.11 Å². The van der Waals surface area contributed by atoms with Crippen molar-refractivity contribution in [2.75, 3.05) is 13.7 Å². The molecule has 2 aromatic rings. The van der Waals surface area contributed by atoms with Crippen LogP contribution >= 0.6 is 0 Å². The number of benzene rings is 2. The van der Waals surface area contributed by atoms with Gasteiger partial charge in [0.15, 0.2) is 0 Å². The van der Waals surface area contributed by atoms with Crippen molar-refractivity contribution < 1.29 is 22.7 Å². The van der Waals surface area contributed by atoms with Gasteiger partial charge in [-0.3, -0.25) is 4.79 Å². The van der Waals surface area contributed by atoms with E-state index in [9.17, 15) is 18.0 Å². The van der Waals surface area contributed by atoms with Crippen molar-refractivity contribution in [1.29, 1.82) is 0 Å². The van der Waals surface area contributed by atoms with Crippen molar-refractivity contribution in [3.05, 3.63) is 65.2 Å². The first-order valence-corrected chi connectivity index (χ1v) is 7.95. The second-order valence-electron chi connectivity index (χ2n) is 5.61. The Kier molecular flexibility index (Phi) is 6.44. The SMILES string of the molecule is COc1ccccc1CCC(=O)NCCc1ccc(C(F)(F)F)cc1. The third kappa shape index (κ3) is 5.81. The smallest absolute Gasteiger partial charge is 0.416 e. The maximum absolute atomic E-state index is 12.5. The molecule has 0 unspecified atom stereocenters. The van der Waals surface area contributed by atoms with E-state index in [0.29, 0.717) is 25.8 Å². The van der Waals surface area contributed by atoms with Crippen molar-refractivity contribution in [3.8, 4) is 5.75 Å². The molecule has 0 aliphatic heterocycles. The standard InChI is InChI=1S/C19H20F3NO2/c1-25-17-5-3-2-4-15(17)8-11-18(24)23-13-12-14-6-9-16(10-7-14)19(20,21)22/h2-7,9-10H,8,11-13H2,1H3,(H,23,24). The zero-order valence-corrected chi connectivity index (χ0v) is 13.9. The number of aryl methyl sites for hydroxylation is 1. The molecule has 0 saturated carbocycles. The van der Waals surface area contributed by atoms with Crippen LogP contribution in [0.4, 0.5) is 13.2 Å². The summed E-state index contributed by atoms with van der Waals surface area (Å²) in [5.74, 6) is 0.651. The first-order chi connectivity index (χ1) is 11.9. The Balaban J connectivity index is 1.75. The van der Waals surface area contributed by atoms with Crippen molar-refractivity contribution in [1.82, 2.24) is 5.32 Å². The lowest BCUT2D eigenvalue weighted by Gasteiger charge is -2.09. The molecular formula is C19H20F3NO2. The fraction of sp³-hybridized carbons (Fsp3) is 0.316. The summed E-state index contributed by atoms with van der Waals surface area (Å²) in [6.07, 6.45) is -2.95. The van der Waals surface area contributed by atoms with Crippen molar-refractivity contribution in [2.45, 2.75) is 25.4 Å². The molecule has 6 heteroatoms. The molecule has 1 amide bonds. The van der Waals surface area contributed by atoms with Crippen molar-refractivity contribution in [2.24, 2.45) is 0 Å². The zero-order chi connectivity index (χ0) is 18.3. The zero-order valence-electron chi connectivity index (χ0n) is 13.9. The fourth-order valence-corrected chi connectivity index (χ4v) is 2.45. The van der Waals surface area contributed by atoms with Gasteiger partial charge in [-0.25, -0.2) is 0 Å². The summed E-state index contributed by atoms with van der Waals surface area (Å²) in [4.78, 5) is 11.9. The molecule has 0 spiro atoms. The van der Waals surface area contributed by atoms with E-state index in [2.05, 4.69) is 5.32 Å². The highest BCUT2D eigenvalue weighted by atomic mass is 19.4. The third-order valence-corrected chi connectivity index (χ3v) is 3.83. The molecule has 0 saturated heterocycles. The predicted octanol–water partition coefficient (Wildman–Crippen LogP) is 4.01. The number of alkyl halides is 3. The van der Waals surface area contributed by atoms with Crippen LogP contribution in [0.15, 0.2) is 48.5 Å². The first kappa shape index (κ1) is 18.8. The Labute approximate surface area is 144 Å². The lowest BCUT2D eigenvalue weighted by molar-refractivity contribution is -0.137. The molecule has 2 rings (SSSR count). The van der Waals surface area contributed by atoms with Crippen LogP contribution in [0.2, 0.25) is 0 Å². The van der Waals surface area contributed by atoms with Gasteiger partial charge in [0.1, 0.15) is 5.75 Å². The van der Waals surface area contributed by atoms with Crippen LogP contribution in [0, 0.1) is 0 Å². The van der Waals surface area contributed by atoms with Gasteiger partial charge in [-0.15, -0.1) is 0 Å². The number of hydrogen-bond acceptors (Lipinski definition) is 2. The van der Waals surface area contributed by atoms with Crippen LogP contribution < -0.4 is 10.1 Å². The average molecular weight is 351 g/mol. The summed E-state index contributed by atoms with van der Waals surface area (Å²) in [5, 5.41) is 2.78. The molecule has 3 nitrogen and oxygen atoms in total. The van der Waals surface area contributed by atoms with E-state index in [1.807, 2.05) is 24.3 Å². The highest BCUT2D eigenvalue weighted by molar-refractivity contribution is 5.76. The summed E-state index contributed by atoms with van der Waals surface area (Å²) < 4.78 is 42.7. The van der Waals surface area contributed by atoms with Gasteiger partial charge in [0.05, 0.1) is 12.7 Å². The lowest BCUT2D eigenvalue weighted by Crippen LogP contribution is -2.25. The second kappa shape index (κ2) is 8.55. The number of carbonyl (C=O) groups is 1. The van der Waals surface area contributed by atoms with Crippen LogP contribution in [0.5, 0.6) is 5.75 Å². The van der Waals surface area contributed by atoms with Crippen LogP contribution in [0.3, 0.4) is 0 Å². The number of nitrogens with one attached hydrogen (secondary N) is 1. The van der Waals surface area contributed by atoms with E-state index in [0.717, 1.165) is 29.0 Å². The van der Waals surface area contributed by atoms with Crippen LogP contribution in [0.25, 0.3) is 0 Å². The monoisotopic (exact) mass is 351 g/mol. The molecule has 25 heavy (non-hydrogen) atoms. The van der Waals surface area contributed by atoms with Gasteiger partial charge in [0.25, 0.3) is 0 Å². The number of methoxy groups -OCH3 is 1. The summed E-state index contributed by atoms with van der Waals surface area (Å²) in [6, 6.07) is 12.5. The first-order valence-electron chi connectivity index (χ1n) is 7.95. The Morgan fingerprint density at radius 1 is 1.04 bits per heavy atom. The Morgan fingerprint density at radius 3 is 2.36 bits per heavy atom. The van der Waals surface area contributed by atoms with Crippen molar-refractivity contribution in [3.63, 3.8) is 0 Å². The van der Waals surface area contributed by atoms with Gasteiger partial charge >= 0.3 is 6.18 Å². The highest BCUT2D eigenvalue weighted by Gasteiger charge is 2.29. The normalized spacial score (nSPS) is 11.2. The molecular weight excluding hydrogens is 331 g/mol. The van der Waals surface area contributed by atoms with Gasteiger partial charge in [-0.2, -0.15) is 13.2 Å². The van der Waals surface area contributed by atoms with Gasteiger partial charge in [-0.05, 0) is 42.2 Å². The molecule has 0 atom stereocenters. The number of para-hydroxylation sites is 1. The van der Waals surface area contributed by atoms with Crippen LogP contribution in [-0.2, 0) is 23.8 Å². The molecule has 0 aromatic heterocycles. The summed E-state index contributed by atoms with van der Waals surface area (Å²) in [6.45, 7) is 0.385.